The van der Waals surface area contributed by atoms with Gasteiger partial charge in [0.15, 0.2) is 0 Å². The van der Waals surface area contributed by atoms with E-state index in [0.717, 1.165) is 5.75 Å². The van der Waals surface area contributed by atoms with Gasteiger partial charge in [0.05, 0.1) is 5.69 Å². The van der Waals surface area contributed by atoms with E-state index < -0.39 is 0 Å². The van der Waals surface area contributed by atoms with E-state index in [-0.39, 0.29) is 6.03 Å². The van der Waals surface area contributed by atoms with Crippen LogP contribution >= 0.6 is 11.6 Å². The van der Waals surface area contributed by atoms with E-state index in [1.807, 2.05) is 42.5 Å². The Morgan fingerprint density at radius 1 is 0.778 bits per heavy atom. The second-order valence-corrected chi connectivity index (χ2v) is 6.03. The zero-order chi connectivity index (χ0) is 18.9. The van der Waals surface area contributed by atoms with Crippen molar-refractivity contribution in [2.24, 2.45) is 0 Å². The predicted octanol–water partition coefficient (Wildman–Crippen LogP) is 5.44. The number of benzene rings is 3. The Morgan fingerprint density at radius 2 is 1.44 bits per heavy atom. The number of hydrogen-bond acceptors (Lipinski definition) is 3. The van der Waals surface area contributed by atoms with Crippen molar-refractivity contribution in [2.75, 3.05) is 23.8 Å². The highest BCUT2D eigenvalue weighted by Crippen LogP contribution is 2.24. The van der Waals surface area contributed by atoms with Gasteiger partial charge in [0, 0.05) is 10.7 Å². The van der Waals surface area contributed by atoms with E-state index in [4.69, 9.17) is 21.1 Å². The Kier molecular flexibility index (Phi) is 6.55. The molecule has 0 fully saturated rings. The molecule has 0 aliphatic carbocycles. The highest BCUT2D eigenvalue weighted by atomic mass is 35.5. The van der Waals surface area contributed by atoms with Crippen molar-refractivity contribution in [2.45, 2.75) is 0 Å². The van der Waals surface area contributed by atoms with Gasteiger partial charge in [-0.3, -0.25) is 0 Å². The summed E-state index contributed by atoms with van der Waals surface area (Å²) in [4.78, 5) is 12.2. The molecule has 27 heavy (non-hydrogen) atoms. The van der Waals surface area contributed by atoms with E-state index in [9.17, 15) is 4.79 Å². The van der Waals surface area contributed by atoms with Crippen LogP contribution in [-0.4, -0.2) is 19.2 Å². The third kappa shape index (κ3) is 5.94. The summed E-state index contributed by atoms with van der Waals surface area (Å²) in [5, 5.41) is 6.14. The van der Waals surface area contributed by atoms with Crippen molar-refractivity contribution >= 4 is 29.0 Å². The molecule has 0 aliphatic rings. The summed E-state index contributed by atoms with van der Waals surface area (Å²) >= 11 is 5.84. The Hall–Kier alpha value is -3.18. The second-order valence-electron chi connectivity index (χ2n) is 5.59. The highest BCUT2D eigenvalue weighted by Gasteiger charge is 2.08. The van der Waals surface area contributed by atoms with E-state index in [0.29, 0.717) is 35.4 Å². The molecule has 2 amide bonds. The fourth-order valence-corrected chi connectivity index (χ4v) is 2.47. The molecule has 0 bridgehead atoms. The first-order valence-electron chi connectivity index (χ1n) is 8.44. The number of carbonyl (C=O) groups is 1. The van der Waals surface area contributed by atoms with Crippen molar-refractivity contribution in [3.8, 4) is 11.5 Å². The van der Waals surface area contributed by atoms with Gasteiger partial charge in [0.1, 0.15) is 24.7 Å². The standard InChI is InChI=1S/C21H19ClN2O3/c22-16-10-12-17(13-11-16)23-21(25)24-19-8-4-5-9-20(19)27-15-14-26-18-6-2-1-3-7-18/h1-13H,14-15H2,(H2,23,24,25). The number of rotatable bonds is 7. The van der Waals surface area contributed by atoms with E-state index in [1.165, 1.54) is 0 Å². The monoisotopic (exact) mass is 382 g/mol. The predicted molar refractivity (Wildman–Crippen MR) is 108 cm³/mol. The van der Waals surface area contributed by atoms with Crippen LogP contribution in [0.4, 0.5) is 16.2 Å². The molecule has 0 aliphatic heterocycles. The average Bonchev–Trinajstić information content (AvgIpc) is 2.69. The van der Waals surface area contributed by atoms with Gasteiger partial charge in [-0.05, 0) is 48.5 Å². The first kappa shape index (κ1) is 18.6. The van der Waals surface area contributed by atoms with Gasteiger partial charge >= 0.3 is 6.03 Å². The Labute approximate surface area is 162 Å². The number of nitrogens with one attached hydrogen (secondary N) is 2. The summed E-state index contributed by atoms with van der Waals surface area (Å²) in [6.07, 6.45) is 0. The Morgan fingerprint density at radius 3 is 2.22 bits per heavy atom. The maximum absolute atomic E-state index is 12.2. The second kappa shape index (κ2) is 9.50. The number of ether oxygens (including phenoxy) is 2. The number of halogens is 1. The number of urea groups is 1. The molecule has 0 radical (unpaired) electrons. The average molecular weight is 383 g/mol. The molecule has 3 rings (SSSR count). The minimum Gasteiger partial charge on any atom is -0.490 e. The number of amides is 2. The minimum atomic E-state index is -0.367. The molecule has 3 aromatic rings. The first-order chi connectivity index (χ1) is 13.2. The maximum atomic E-state index is 12.2. The van der Waals surface area contributed by atoms with Crippen LogP contribution in [0, 0.1) is 0 Å². The first-order valence-corrected chi connectivity index (χ1v) is 8.82. The number of anilines is 2. The number of hydrogen-bond donors (Lipinski definition) is 2. The molecule has 0 aromatic heterocycles. The molecule has 2 N–H and O–H groups in total. The van der Waals surface area contributed by atoms with E-state index >= 15 is 0 Å². The quantitative estimate of drug-likeness (QED) is 0.535. The van der Waals surface area contributed by atoms with Gasteiger partial charge in [-0.1, -0.05) is 41.9 Å². The summed E-state index contributed by atoms with van der Waals surface area (Å²) in [7, 11) is 0. The lowest BCUT2D eigenvalue weighted by molar-refractivity contribution is 0.217. The van der Waals surface area contributed by atoms with Crippen LogP contribution in [0.15, 0.2) is 78.9 Å². The summed E-state index contributed by atoms with van der Waals surface area (Å²) in [6.45, 7) is 0.752. The van der Waals surface area contributed by atoms with E-state index in [2.05, 4.69) is 10.6 Å². The van der Waals surface area contributed by atoms with Crippen LogP contribution in [-0.2, 0) is 0 Å². The van der Waals surface area contributed by atoms with Crippen LogP contribution in [0.2, 0.25) is 5.02 Å². The molecule has 3 aromatic carbocycles. The SMILES string of the molecule is O=C(Nc1ccc(Cl)cc1)Nc1ccccc1OCCOc1ccccc1. The van der Waals surface area contributed by atoms with Crippen molar-refractivity contribution < 1.29 is 14.3 Å². The minimum absolute atomic E-state index is 0.354. The largest absolute Gasteiger partial charge is 0.490 e. The van der Waals surface area contributed by atoms with Crippen molar-refractivity contribution in [1.82, 2.24) is 0 Å². The molecule has 6 heteroatoms. The smallest absolute Gasteiger partial charge is 0.323 e. The molecule has 0 saturated heterocycles. The van der Waals surface area contributed by atoms with Crippen LogP contribution in [0.5, 0.6) is 11.5 Å². The van der Waals surface area contributed by atoms with Crippen LogP contribution in [0.3, 0.4) is 0 Å². The Balaban J connectivity index is 1.52. The molecular weight excluding hydrogens is 364 g/mol. The van der Waals surface area contributed by atoms with Gasteiger partial charge in [-0.15, -0.1) is 0 Å². The summed E-state index contributed by atoms with van der Waals surface area (Å²) < 4.78 is 11.3. The maximum Gasteiger partial charge on any atom is 0.323 e. The third-order valence-electron chi connectivity index (χ3n) is 3.59. The van der Waals surface area contributed by atoms with Crippen molar-refractivity contribution in [3.63, 3.8) is 0 Å². The number of para-hydroxylation sites is 3. The molecule has 0 unspecified atom stereocenters. The zero-order valence-electron chi connectivity index (χ0n) is 14.5. The van der Waals surface area contributed by atoms with Crippen LogP contribution in [0.25, 0.3) is 0 Å². The molecule has 0 atom stereocenters. The van der Waals surface area contributed by atoms with Gasteiger partial charge < -0.3 is 20.1 Å². The summed E-state index contributed by atoms with van der Waals surface area (Å²) in [6, 6.07) is 23.3. The lowest BCUT2D eigenvalue weighted by Crippen LogP contribution is -2.20. The van der Waals surface area contributed by atoms with E-state index in [1.54, 1.807) is 36.4 Å². The fraction of sp³-hybridized carbons (Fsp3) is 0.0952. The molecule has 0 heterocycles. The number of carbonyl (C=O) groups excluding carboxylic acids is 1. The molecule has 0 spiro atoms. The molecule has 0 saturated carbocycles. The van der Waals surface area contributed by atoms with Gasteiger partial charge in [0.2, 0.25) is 0 Å². The highest BCUT2D eigenvalue weighted by molar-refractivity contribution is 6.30. The fourth-order valence-electron chi connectivity index (χ4n) is 2.34. The molecule has 138 valence electrons. The van der Waals surface area contributed by atoms with Gasteiger partial charge in [-0.2, -0.15) is 0 Å². The Bertz CT molecular complexity index is 870. The summed E-state index contributed by atoms with van der Waals surface area (Å²) in [5.74, 6) is 1.36. The lowest BCUT2D eigenvalue weighted by atomic mass is 10.3. The summed E-state index contributed by atoms with van der Waals surface area (Å²) in [5.41, 5.74) is 1.22. The van der Waals surface area contributed by atoms with Crippen molar-refractivity contribution in [3.05, 3.63) is 83.9 Å². The molecular formula is C21H19ClN2O3. The third-order valence-corrected chi connectivity index (χ3v) is 3.84. The van der Waals surface area contributed by atoms with Crippen molar-refractivity contribution in [1.29, 1.82) is 0 Å². The van der Waals surface area contributed by atoms with Crippen LogP contribution < -0.4 is 20.1 Å². The lowest BCUT2D eigenvalue weighted by Gasteiger charge is -2.13. The topological polar surface area (TPSA) is 59.6 Å². The molecule has 5 nitrogen and oxygen atoms in total. The van der Waals surface area contributed by atoms with Gasteiger partial charge in [-0.25, -0.2) is 4.79 Å². The zero-order valence-corrected chi connectivity index (χ0v) is 15.3. The van der Waals surface area contributed by atoms with Gasteiger partial charge in [0.25, 0.3) is 0 Å². The normalized spacial score (nSPS) is 10.1. The van der Waals surface area contributed by atoms with Crippen LogP contribution in [0.1, 0.15) is 0 Å².